The molecular formula is C14H19NO2S. The Balaban J connectivity index is 1.92. The van der Waals surface area contributed by atoms with Gasteiger partial charge in [-0.1, -0.05) is 0 Å². The van der Waals surface area contributed by atoms with Crippen molar-refractivity contribution in [2.45, 2.75) is 25.4 Å². The molecule has 0 bridgehead atoms. The molecule has 0 radical (unpaired) electrons. The molecule has 0 aromatic carbocycles. The number of rotatable bonds is 7. The number of ether oxygens (including phenoxy) is 1. The van der Waals surface area contributed by atoms with Crippen LogP contribution in [0, 0.1) is 0 Å². The van der Waals surface area contributed by atoms with Crippen LogP contribution < -0.4 is 5.32 Å². The smallest absolute Gasteiger partial charge is 0.123 e. The van der Waals surface area contributed by atoms with Gasteiger partial charge >= 0.3 is 0 Å². The van der Waals surface area contributed by atoms with Gasteiger partial charge < -0.3 is 14.5 Å². The van der Waals surface area contributed by atoms with Gasteiger partial charge in [0.05, 0.1) is 18.9 Å². The Morgan fingerprint density at radius 3 is 2.94 bits per heavy atom. The molecule has 0 saturated heterocycles. The Hall–Kier alpha value is -1.10. The van der Waals surface area contributed by atoms with Gasteiger partial charge in [-0.3, -0.25) is 0 Å². The topological polar surface area (TPSA) is 34.4 Å². The second-order valence-corrected chi connectivity index (χ2v) is 5.21. The number of furan rings is 1. The molecule has 0 unspecified atom stereocenters. The van der Waals surface area contributed by atoms with Crippen molar-refractivity contribution in [2.75, 3.05) is 13.7 Å². The first kappa shape index (κ1) is 13.3. The molecule has 0 aliphatic carbocycles. The molecular weight excluding hydrogens is 246 g/mol. The molecule has 4 heteroatoms. The molecule has 0 fully saturated rings. The van der Waals surface area contributed by atoms with Crippen molar-refractivity contribution in [1.29, 1.82) is 0 Å². The van der Waals surface area contributed by atoms with E-state index in [2.05, 4.69) is 29.1 Å². The summed E-state index contributed by atoms with van der Waals surface area (Å²) in [5, 5.41) is 7.85. The maximum Gasteiger partial charge on any atom is 0.123 e. The van der Waals surface area contributed by atoms with Gasteiger partial charge in [-0.2, -0.15) is 11.3 Å². The summed E-state index contributed by atoms with van der Waals surface area (Å²) in [7, 11) is 1.71. The summed E-state index contributed by atoms with van der Waals surface area (Å²) in [5.74, 6) is 0.925. The van der Waals surface area contributed by atoms with Gasteiger partial charge in [0, 0.05) is 13.2 Å². The molecule has 0 amide bonds. The number of nitrogens with one attached hydrogen (secondary N) is 1. The maximum atomic E-state index is 5.44. The van der Waals surface area contributed by atoms with E-state index in [9.17, 15) is 0 Å². The van der Waals surface area contributed by atoms with E-state index >= 15 is 0 Å². The molecule has 0 spiro atoms. The fourth-order valence-corrected chi connectivity index (χ4v) is 2.71. The zero-order valence-corrected chi connectivity index (χ0v) is 11.6. The van der Waals surface area contributed by atoms with Crippen molar-refractivity contribution in [3.8, 4) is 0 Å². The van der Waals surface area contributed by atoms with Crippen LogP contribution in [0.25, 0.3) is 0 Å². The van der Waals surface area contributed by atoms with Gasteiger partial charge in [-0.15, -0.1) is 0 Å². The number of thiophene rings is 1. The zero-order valence-electron chi connectivity index (χ0n) is 10.8. The molecule has 0 saturated carbocycles. The van der Waals surface area contributed by atoms with Crippen LogP contribution in [0.2, 0.25) is 0 Å². The van der Waals surface area contributed by atoms with E-state index in [0.717, 1.165) is 12.2 Å². The highest BCUT2D eigenvalue weighted by Gasteiger charge is 2.16. The van der Waals surface area contributed by atoms with Gasteiger partial charge in [0.15, 0.2) is 0 Å². The van der Waals surface area contributed by atoms with Gasteiger partial charge in [0.25, 0.3) is 0 Å². The fourth-order valence-electron chi connectivity index (χ4n) is 2.03. The first-order valence-electron chi connectivity index (χ1n) is 6.09. The van der Waals surface area contributed by atoms with E-state index in [-0.39, 0.29) is 6.04 Å². The van der Waals surface area contributed by atoms with Crippen LogP contribution in [0.1, 0.15) is 24.3 Å². The maximum absolute atomic E-state index is 5.44. The van der Waals surface area contributed by atoms with Crippen molar-refractivity contribution in [3.05, 3.63) is 46.5 Å². The third kappa shape index (κ3) is 3.70. The van der Waals surface area contributed by atoms with Crippen molar-refractivity contribution >= 4 is 11.3 Å². The summed E-state index contributed by atoms with van der Waals surface area (Å²) in [4.78, 5) is 0. The average molecular weight is 265 g/mol. The standard InChI is InChI=1S/C14H19NO2S/c1-11(8-12-5-7-18-10-12)15-13(9-16-2)14-4-3-6-17-14/h3-7,10-11,13,15H,8-9H2,1-2H3/t11-,13+/m0/s1. The lowest BCUT2D eigenvalue weighted by molar-refractivity contribution is 0.152. The minimum atomic E-state index is 0.110. The zero-order chi connectivity index (χ0) is 12.8. The van der Waals surface area contributed by atoms with Crippen LogP contribution in [0.15, 0.2) is 39.6 Å². The monoisotopic (exact) mass is 265 g/mol. The predicted octanol–water partition coefficient (Wildman–Crippen LogP) is 3.25. The lowest BCUT2D eigenvalue weighted by Crippen LogP contribution is -2.34. The van der Waals surface area contributed by atoms with Gasteiger partial charge in [0.1, 0.15) is 5.76 Å². The average Bonchev–Trinajstić information content (AvgIpc) is 3.00. The highest BCUT2D eigenvalue weighted by atomic mass is 32.1. The Bertz CT molecular complexity index is 425. The van der Waals surface area contributed by atoms with Gasteiger partial charge in [-0.25, -0.2) is 0 Å². The van der Waals surface area contributed by atoms with Crippen LogP contribution in [0.4, 0.5) is 0 Å². The minimum absolute atomic E-state index is 0.110. The van der Waals surface area contributed by atoms with Crippen LogP contribution in [-0.4, -0.2) is 19.8 Å². The van der Waals surface area contributed by atoms with E-state index in [1.54, 1.807) is 24.7 Å². The molecule has 3 nitrogen and oxygen atoms in total. The number of methoxy groups -OCH3 is 1. The molecule has 2 heterocycles. The second-order valence-electron chi connectivity index (χ2n) is 4.43. The van der Waals surface area contributed by atoms with Crippen LogP contribution in [0.3, 0.4) is 0 Å². The highest BCUT2D eigenvalue weighted by molar-refractivity contribution is 7.07. The summed E-state index contributed by atoms with van der Waals surface area (Å²) in [6, 6.07) is 6.54. The molecule has 0 aliphatic heterocycles. The van der Waals surface area contributed by atoms with E-state index < -0.39 is 0 Å². The largest absolute Gasteiger partial charge is 0.468 e. The first-order valence-corrected chi connectivity index (χ1v) is 7.03. The fraction of sp³-hybridized carbons (Fsp3) is 0.429. The Morgan fingerprint density at radius 1 is 1.44 bits per heavy atom. The van der Waals surface area contributed by atoms with E-state index in [0.29, 0.717) is 12.6 Å². The third-order valence-electron chi connectivity index (χ3n) is 2.83. The lowest BCUT2D eigenvalue weighted by atomic mass is 10.1. The van der Waals surface area contributed by atoms with Gasteiger partial charge in [-0.05, 0) is 47.9 Å². The summed E-state index contributed by atoms with van der Waals surface area (Å²) in [5.41, 5.74) is 1.37. The lowest BCUT2D eigenvalue weighted by Gasteiger charge is -2.21. The highest BCUT2D eigenvalue weighted by Crippen LogP contribution is 2.16. The quantitative estimate of drug-likeness (QED) is 0.834. The summed E-state index contributed by atoms with van der Waals surface area (Å²) in [6.07, 6.45) is 2.72. The summed E-state index contributed by atoms with van der Waals surface area (Å²) in [6.45, 7) is 2.80. The molecule has 18 heavy (non-hydrogen) atoms. The minimum Gasteiger partial charge on any atom is -0.468 e. The normalized spacial score (nSPS) is 14.6. The van der Waals surface area contributed by atoms with Crippen molar-refractivity contribution in [1.82, 2.24) is 5.32 Å². The Morgan fingerprint density at radius 2 is 2.33 bits per heavy atom. The summed E-state index contributed by atoms with van der Waals surface area (Å²) >= 11 is 1.74. The Kier molecular flexibility index (Phi) is 4.99. The SMILES string of the molecule is COC[C@@H](N[C@@H](C)Cc1ccsc1)c1ccco1. The van der Waals surface area contributed by atoms with Gasteiger partial charge in [0.2, 0.25) is 0 Å². The molecule has 1 N–H and O–H groups in total. The van der Waals surface area contributed by atoms with Crippen LogP contribution in [-0.2, 0) is 11.2 Å². The van der Waals surface area contributed by atoms with Crippen LogP contribution in [0.5, 0.6) is 0 Å². The predicted molar refractivity (Wildman–Crippen MR) is 73.9 cm³/mol. The number of hydrogen-bond donors (Lipinski definition) is 1. The van der Waals surface area contributed by atoms with Crippen molar-refractivity contribution in [2.24, 2.45) is 0 Å². The van der Waals surface area contributed by atoms with E-state index in [1.165, 1.54) is 5.56 Å². The van der Waals surface area contributed by atoms with E-state index in [1.807, 2.05) is 12.1 Å². The summed E-state index contributed by atoms with van der Waals surface area (Å²) < 4.78 is 10.7. The molecule has 2 aromatic rings. The van der Waals surface area contributed by atoms with Crippen LogP contribution >= 0.6 is 11.3 Å². The molecule has 2 aromatic heterocycles. The third-order valence-corrected chi connectivity index (χ3v) is 3.56. The first-order chi connectivity index (χ1) is 8.79. The molecule has 98 valence electrons. The second kappa shape index (κ2) is 6.73. The number of hydrogen-bond acceptors (Lipinski definition) is 4. The molecule has 2 atom stereocenters. The molecule has 0 aliphatic rings. The molecule has 2 rings (SSSR count). The Labute approximate surface area is 112 Å². The van der Waals surface area contributed by atoms with Crippen molar-refractivity contribution in [3.63, 3.8) is 0 Å². The van der Waals surface area contributed by atoms with Crippen molar-refractivity contribution < 1.29 is 9.15 Å². The van der Waals surface area contributed by atoms with E-state index in [4.69, 9.17) is 9.15 Å².